The maximum Gasteiger partial charge on any atom is 0.194 e. The normalized spacial score (nSPS) is 16.8. The lowest BCUT2D eigenvalue weighted by molar-refractivity contribution is -0.00805. The molecule has 1 atom stereocenters. The Labute approximate surface area is 200 Å². The van der Waals surface area contributed by atoms with Crippen LogP contribution in [0.3, 0.4) is 0 Å². The van der Waals surface area contributed by atoms with Crippen LogP contribution in [0.25, 0.3) is 5.69 Å². The molecule has 31 heavy (non-hydrogen) atoms. The molecule has 1 aromatic carbocycles. The Hall–Kier alpha value is -2.40. The Bertz CT molecular complexity index is 1010. The predicted octanol–water partition coefficient (Wildman–Crippen LogP) is 3.07. The minimum Gasteiger partial charge on any atom is -0.370 e. The zero-order valence-corrected chi connectivity index (χ0v) is 20.6. The number of aryl methyl sites for hydroxylation is 2. The summed E-state index contributed by atoms with van der Waals surface area (Å²) >= 11 is 0. The number of halogens is 1. The lowest BCUT2D eigenvalue weighted by Crippen LogP contribution is -2.48. The summed E-state index contributed by atoms with van der Waals surface area (Å²) < 4.78 is 9.72. The molecule has 0 saturated carbocycles. The number of ether oxygens (including phenoxy) is 1. The fourth-order valence-electron chi connectivity index (χ4n) is 3.65. The van der Waals surface area contributed by atoms with Crippen molar-refractivity contribution in [1.29, 1.82) is 0 Å². The molecule has 0 amide bonds. The van der Waals surface area contributed by atoms with E-state index in [1.807, 2.05) is 60.1 Å². The molecule has 2 aromatic heterocycles. The fourth-order valence-corrected chi connectivity index (χ4v) is 3.65. The topological polar surface area (TPSA) is 72.5 Å². The van der Waals surface area contributed by atoms with Gasteiger partial charge in [-0.05, 0) is 31.5 Å². The first-order chi connectivity index (χ1) is 14.6. The van der Waals surface area contributed by atoms with Gasteiger partial charge in [-0.2, -0.15) is 10.2 Å². The predicted molar refractivity (Wildman–Crippen MR) is 132 cm³/mol. The molecule has 8 nitrogen and oxygen atoms in total. The minimum absolute atomic E-state index is 0. The Morgan fingerprint density at radius 2 is 2.13 bits per heavy atom. The van der Waals surface area contributed by atoms with Gasteiger partial charge < -0.3 is 15.0 Å². The molecule has 4 rings (SSSR count). The van der Waals surface area contributed by atoms with Crippen LogP contribution < -0.4 is 5.32 Å². The summed E-state index contributed by atoms with van der Waals surface area (Å²) in [7, 11) is 1.92. The van der Waals surface area contributed by atoms with Crippen molar-refractivity contribution in [2.75, 3.05) is 26.2 Å². The van der Waals surface area contributed by atoms with E-state index >= 15 is 0 Å². The molecular formula is C22H30IN7O. The molecule has 1 N–H and O–H groups in total. The first kappa shape index (κ1) is 23.3. The molecule has 0 radical (unpaired) electrons. The van der Waals surface area contributed by atoms with Crippen LogP contribution in [0.1, 0.15) is 29.8 Å². The number of hydrogen-bond donors (Lipinski definition) is 1. The molecule has 9 heteroatoms. The van der Waals surface area contributed by atoms with Crippen LogP contribution in [-0.2, 0) is 18.3 Å². The zero-order chi connectivity index (χ0) is 20.9. The number of hydrogen-bond acceptors (Lipinski definition) is 4. The molecule has 0 bridgehead atoms. The Morgan fingerprint density at radius 1 is 1.29 bits per heavy atom. The summed E-state index contributed by atoms with van der Waals surface area (Å²) in [6.07, 6.45) is 5.88. The van der Waals surface area contributed by atoms with Gasteiger partial charge in [-0.15, -0.1) is 24.0 Å². The summed E-state index contributed by atoms with van der Waals surface area (Å²) in [4.78, 5) is 7.22. The van der Waals surface area contributed by atoms with Crippen LogP contribution in [0.2, 0.25) is 0 Å². The van der Waals surface area contributed by atoms with Crippen molar-refractivity contribution < 1.29 is 4.74 Å². The van der Waals surface area contributed by atoms with Gasteiger partial charge in [0, 0.05) is 38.1 Å². The highest BCUT2D eigenvalue weighted by molar-refractivity contribution is 14.0. The van der Waals surface area contributed by atoms with Gasteiger partial charge in [0.05, 0.1) is 37.3 Å². The number of nitrogens with zero attached hydrogens (tertiary/aromatic N) is 6. The number of aromatic nitrogens is 4. The highest BCUT2D eigenvalue weighted by Gasteiger charge is 2.25. The average Bonchev–Trinajstić information content (AvgIpc) is 3.40. The van der Waals surface area contributed by atoms with Crippen LogP contribution in [-0.4, -0.2) is 56.7 Å². The third-order valence-corrected chi connectivity index (χ3v) is 5.16. The number of para-hydroxylation sites is 1. The second kappa shape index (κ2) is 10.8. The van der Waals surface area contributed by atoms with E-state index in [-0.39, 0.29) is 30.1 Å². The summed E-state index contributed by atoms with van der Waals surface area (Å²) in [5, 5.41) is 12.3. The standard InChI is InChI=1S/C22H29N7O.HI/c1-4-23-22(28-11-12-30-21(16-28)19-14-25-27(3)15-19)24-13-18-7-5-6-8-20(18)29-10-9-17(2)26-29;/h5-10,14-15,21H,4,11-13,16H2,1-3H3,(H,23,24);1H. The largest absolute Gasteiger partial charge is 0.370 e. The van der Waals surface area contributed by atoms with Crippen molar-refractivity contribution in [2.45, 2.75) is 26.5 Å². The van der Waals surface area contributed by atoms with Gasteiger partial charge in [-0.3, -0.25) is 4.68 Å². The van der Waals surface area contributed by atoms with Crippen molar-refractivity contribution in [3.05, 3.63) is 65.7 Å². The van der Waals surface area contributed by atoms with Crippen molar-refractivity contribution >= 4 is 29.9 Å². The highest BCUT2D eigenvalue weighted by atomic mass is 127. The van der Waals surface area contributed by atoms with Gasteiger partial charge in [0.25, 0.3) is 0 Å². The van der Waals surface area contributed by atoms with E-state index in [4.69, 9.17) is 9.73 Å². The number of benzene rings is 1. The number of guanidine groups is 1. The van der Waals surface area contributed by atoms with E-state index in [0.29, 0.717) is 13.2 Å². The van der Waals surface area contributed by atoms with Crippen molar-refractivity contribution in [3.8, 4) is 5.69 Å². The molecule has 1 saturated heterocycles. The number of rotatable bonds is 5. The van der Waals surface area contributed by atoms with E-state index in [1.54, 1.807) is 0 Å². The summed E-state index contributed by atoms with van der Waals surface area (Å²) in [6, 6.07) is 10.3. The highest BCUT2D eigenvalue weighted by Crippen LogP contribution is 2.22. The monoisotopic (exact) mass is 535 g/mol. The molecule has 0 spiro atoms. The number of aliphatic imine (C=N–C) groups is 1. The Kier molecular flexibility index (Phi) is 8.08. The van der Waals surface area contributed by atoms with E-state index in [1.165, 1.54) is 0 Å². The van der Waals surface area contributed by atoms with Gasteiger partial charge in [0.15, 0.2) is 5.96 Å². The maximum atomic E-state index is 5.99. The summed E-state index contributed by atoms with van der Waals surface area (Å²) in [6.45, 7) is 7.69. The summed E-state index contributed by atoms with van der Waals surface area (Å²) in [5.74, 6) is 0.904. The molecule has 1 aliphatic heterocycles. The molecule has 1 unspecified atom stereocenters. The number of nitrogens with one attached hydrogen (secondary N) is 1. The molecule has 166 valence electrons. The van der Waals surface area contributed by atoms with Gasteiger partial charge in [0.2, 0.25) is 0 Å². The van der Waals surface area contributed by atoms with E-state index in [0.717, 1.165) is 48.1 Å². The maximum absolute atomic E-state index is 5.99. The molecule has 3 aromatic rings. The van der Waals surface area contributed by atoms with Crippen LogP contribution >= 0.6 is 24.0 Å². The number of morpholine rings is 1. The van der Waals surface area contributed by atoms with E-state index in [9.17, 15) is 0 Å². The average molecular weight is 535 g/mol. The summed E-state index contributed by atoms with van der Waals surface area (Å²) in [5.41, 5.74) is 4.28. The lowest BCUT2D eigenvalue weighted by atomic mass is 10.1. The molecular weight excluding hydrogens is 505 g/mol. The molecule has 0 aliphatic carbocycles. The molecule has 3 heterocycles. The van der Waals surface area contributed by atoms with Gasteiger partial charge in [-0.25, -0.2) is 9.67 Å². The van der Waals surface area contributed by atoms with Crippen molar-refractivity contribution in [2.24, 2.45) is 12.0 Å². The Balaban J connectivity index is 0.00000272. The third-order valence-electron chi connectivity index (χ3n) is 5.16. The SMILES string of the molecule is CCNC(=NCc1ccccc1-n1ccc(C)n1)N1CCOC(c2cnn(C)c2)C1.I. The van der Waals surface area contributed by atoms with Crippen LogP contribution in [0.4, 0.5) is 0 Å². The first-order valence-electron chi connectivity index (χ1n) is 10.4. The fraction of sp³-hybridized carbons (Fsp3) is 0.409. The van der Waals surface area contributed by atoms with E-state index in [2.05, 4.69) is 39.5 Å². The minimum atomic E-state index is -0.00404. The second-order valence-electron chi connectivity index (χ2n) is 7.45. The van der Waals surface area contributed by atoms with Crippen molar-refractivity contribution in [1.82, 2.24) is 29.8 Å². The molecule has 1 aliphatic rings. The molecule has 1 fully saturated rings. The first-order valence-corrected chi connectivity index (χ1v) is 10.4. The van der Waals surface area contributed by atoms with Crippen LogP contribution in [0.15, 0.2) is 53.9 Å². The van der Waals surface area contributed by atoms with Gasteiger partial charge in [0.1, 0.15) is 6.10 Å². The van der Waals surface area contributed by atoms with Crippen molar-refractivity contribution in [3.63, 3.8) is 0 Å². The van der Waals surface area contributed by atoms with Crippen LogP contribution in [0, 0.1) is 6.92 Å². The van der Waals surface area contributed by atoms with Gasteiger partial charge >= 0.3 is 0 Å². The van der Waals surface area contributed by atoms with Gasteiger partial charge in [-0.1, -0.05) is 18.2 Å². The van der Waals surface area contributed by atoms with Crippen LogP contribution in [0.5, 0.6) is 0 Å². The van der Waals surface area contributed by atoms with E-state index < -0.39 is 0 Å². The zero-order valence-electron chi connectivity index (χ0n) is 18.2. The smallest absolute Gasteiger partial charge is 0.194 e. The quantitative estimate of drug-likeness (QED) is 0.309. The second-order valence-corrected chi connectivity index (χ2v) is 7.45. The third kappa shape index (κ3) is 5.65. The Morgan fingerprint density at radius 3 is 2.84 bits per heavy atom. The lowest BCUT2D eigenvalue weighted by Gasteiger charge is -2.34.